The van der Waals surface area contributed by atoms with E-state index >= 15 is 0 Å². The molecular weight excluding hydrogens is 379 g/mol. The van der Waals surface area contributed by atoms with Crippen molar-refractivity contribution in [2.45, 2.75) is 30.0 Å². The molecule has 0 aliphatic heterocycles. The number of thioether (sulfide) groups is 1. The van der Waals surface area contributed by atoms with Crippen molar-refractivity contribution < 1.29 is 4.39 Å². The van der Waals surface area contributed by atoms with Gasteiger partial charge in [0, 0.05) is 27.6 Å². The molecule has 0 saturated carbocycles. The summed E-state index contributed by atoms with van der Waals surface area (Å²) in [5.74, 6) is -0.00170. The Labute approximate surface area is 167 Å². The fourth-order valence-corrected chi connectivity index (χ4v) is 4.85. The van der Waals surface area contributed by atoms with Gasteiger partial charge in [-0.15, -0.1) is 11.8 Å². The quantitative estimate of drug-likeness (QED) is 0.495. The average molecular weight is 395 g/mol. The molecule has 1 aliphatic carbocycles. The summed E-state index contributed by atoms with van der Waals surface area (Å²) >= 11 is 7.52. The van der Waals surface area contributed by atoms with Crippen LogP contribution in [-0.2, 0) is 18.6 Å². The van der Waals surface area contributed by atoms with Crippen LogP contribution in [0.5, 0.6) is 0 Å². The third-order valence-electron chi connectivity index (χ3n) is 4.78. The molecule has 0 fully saturated rings. The van der Waals surface area contributed by atoms with E-state index in [1.807, 2.05) is 30.3 Å². The molecule has 1 aromatic heterocycles. The summed E-state index contributed by atoms with van der Waals surface area (Å²) < 4.78 is 14.1. The second kappa shape index (κ2) is 7.72. The van der Waals surface area contributed by atoms with Crippen LogP contribution in [0.4, 0.5) is 4.39 Å². The van der Waals surface area contributed by atoms with Gasteiger partial charge >= 0.3 is 0 Å². The molecule has 1 heterocycles. The molecular formula is C22H16ClFN2S. The number of hydrogen-bond donors (Lipinski definition) is 0. The van der Waals surface area contributed by atoms with Gasteiger partial charge in [-0.3, -0.25) is 0 Å². The van der Waals surface area contributed by atoms with Crippen molar-refractivity contribution in [2.24, 2.45) is 0 Å². The highest BCUT2D eigenvalue weighted by Crippen LogP contribution is 2.39. The molecule has 2 nitrogen and oxygen atoms in total. The molecule has 134 valence electrons. The summed E-state index contributed by atoms with van der Waals surface area (Å²) in [6.07, 6.45) is 2.89. The van der Waals surface area contributed by atoms with Gasteiger partial charge in [0.1, 0.15) is 16.9 Å². The van der Waals surface area contributed by atoms with Gasteiger partial charge in [-0.25, -0.2) is 9.37 Å². The number of hydrogen-bond acceptors (Lipinski definition) is 3. The average Bonchev–Trinajstić information content (AvgIpc) is 3.15. The first-order valence-corrected chi connectivity index (χ1v) is 10.1. The minimum absolute atomic E-state index is 0.334. The normalized spacial score (nSPS) is 12.6. The van der Waals surface area contributed by atoms with Crippen LogP contribution < -0.4 is 0 Å². The van der Waals surface area contributed by atoms with Gasteiger partial charge in [0.05, 0.1) is 5.56 Å². The van der Waals surface area contributed by atoms with E-state index in [1.165, 1.54) is 23.4 Å². The van der Waals surface area contributed by atoms with Crippen molar-refractivity contribution in [3.63, 3.8) is 0 Å². The lowest BCUT2D eigenvalue weighted by Gasteiger charge is -2.15. The number of nitrogens with zero attached hydrogens (tertiary/aromatic N) is 2. The molecule has 27 heavy (non-hydrogen) atoms. The lowest BCUT2D eigenvalue weighted by molar-refractivity contribution is 0.617. The summed E-state index contributed by atoms with van der Waals surface area (Å²) in [5, 5.41) is 10.9. The Kier molecular flexibility index (Phi) is 5.15. The smallest absolute Gasteiger partial charge is 0.128 e. The van der Waals surface area contributed by atoms with Gasteiger partial charge in [0.2, 0.25) is 0 Å². The fourth-order valence-electron chi connectivity index (χ4n) is 3.50. The van der Waals surface area contributed by atoms with E-state index < -0.39 is 0 Å². The molecule has 3 aromatic rings. The van der Waals surface area contributed by atoms with Crippen LogP contribution in [0.2, 0.25) is 5.02 Å². The number of pyridine rings is 1. The van der Waals surface area contributed by atoms with E-state index in [2.05, 4.69) is 6.07 Å². The van der Waals surface area contributed by atoms with Gasteiger partial charge in [-0.1, -0.05) is 48.0 Å². The topological polar surface area (TPSA) is 36.7 Å². The predicted octanol–water partition coefficient (Wildman–Crippen LogP) is 6.19. The lowest BCUT2D eigenvalue weighted by Crippen LogP contribution is -2.01. The van der Waals surface area contributed by atoms with Crippen LogP contribution in [-0.4, -0.2) is 4.98 Å². The van der Waals surface area contributed by atoms with Crippen molar-refractivity contribution in [1.29, 1.82) is 5.26 Å². The Balaban J connectivity index is 1.79. The molecule has 0 spiro atoms. The molecule has 0 bridgehead atoms. The van der Waals surface area contributed by atoms with Crippen LogP contribution in [0.1, 0.15) is 28.8 Å². The standard InChI is InChI=1S/C22H16ClFN2S/c23-18-9-5-10-19(24)17(18)13-27-22-16(12-25)21(14-6-2-1-3-7-14)15-8-4-11-20(15)26-22/h1-3,5-7,9-10H,4,8,11,13H2. The van der Waals surface area contributed by atoms with E-state index in [1.54, 1.807) is 12.1 Å². The number of benzene rings is 2. The molecule has 0 unspecified atom stereocenters. The van der Waals surface area contributed by atoms with Crippen LogP contribution in [0, 0.1) is 17.1 Å². The zero-order valence-corrected chi connectivity index (χ0v) is 16.1. The first-order chi connectivity index (χ1) is 13.2. The molecule has 0 saturated heterocycles. The largest absolute Gasteiger partial charge is 0.245 e. The maximum absolute atomic E-state index is 14.1. The van der Waals surface area contributed by atoms with Gasteiger partial charge in [0.25, 0.3) is 0 Å². The zero-order valence-electron chi connectivity index (χ0n) is 14.5. The van der Waals surface area contributed by atoms with E-state index in [4.69, 9.17) is 16.6 Å². The maximum atomic E-state index is 14.1. The van der Waals surface area contributed by atoms with E-state index in [9.17, 15) is 9.65 Å². The number of fused-ring (bicyclic) bond motifs is 1. The van der Waals surface area contributed by atoms with E-state index in [0.717, 1.165) is 36.1 Å². The van der Waals surface area contributed by atoms with Crippen LogP contribution in [0.3, 0.4) is 0 Å². The molecule has 0 atom stereocenters. The van der Waals surface area contributed by atoms with Crippen molar-refractivity contribution in [3.8, 4) is 17.2 Å². The van der Waals surface area contributed by atoms with Crippen LogP contribution >= 0.6 is 23.4 Å². The van der Waals surface area contributed by atoms with Gasteiger partial charge < -0.3 is 0 Å². The third-order valence-corrected chi connectivity index (χ3v) is 6.14. The van der Waals surface area contributed by atoms with Crippen molar-refractivity contribution >= 4 is 23.4 Å². The molecule has 0 radical (unpaired) electrons. The third kappa shape index (κ3) is 3.45. The minimum Gasteiger partial charge on any atom is -0.245 e. The van der Waals surface area contributed by atoms with Gasteiger partial charge in [-0.05, 0) is 42.5 Å². The zero-order chi connectivity index (χ0) is 18.8. The monoisotopic (exact) mass is 394 g/mol. The van der Waals surface area contributed by atoms with Crippen molar-refractivity contribution in [2.75, 3.05) is 0 Å². The second-order valence-electron chi connectivity index (χ2n) is 6.41. The van der Waals surface area contributed by atoms with E-state index in [0.29, 0.717) is 26.9 Å². The fraction of sp³-hybridized carbons (Fsp3) is 0.182. The highest BCUT2D eigenvalue weighted by atomic mass is 35.5. The Morgan fingerprint density at radius 3 is 2.67 bits per heavy atom. The number of aryl methyl sites for hydroxylation is 1. The Bertz CT molecular complexity index is 1020. The number of halogens is 2. The van der Waals surface area contributed by atoms with Gasteiger partial charge in [0.15, 0.2) is 0 Å². The summed E-state index contributed by atoms with van der Waals surface area (Å²) in [4.78, 5) is 4.76. The molecule has 0 amide bonds. The highest BCUT2D eigenvalue weighted by molar-refractivity contribution is 7.98. The Hall–Kier alpha value is -2.35. The summed E-state index contributed by atoms with van der Waals surface area (Å²) in [7, 11) is 0. The first kappa shape index (κ1) is 18.0. The van der Waals surface area contributed by atoms with E-state index in [-0.39, 0.29) is 5.82 Å². The highest BCUT2D eigenvalue weighted by Gasteiger charge is 2.24. The van der Waals surface area contributed by atoms with Crippen molar-refractivity contribution in [3.05, 3.63) is 81.8 Å². The van der Waals surface area contributed by atoms with Crippen LogP contribution in [0.25, 0.3) is 11.1 Å². The first-order valence-electron chi connectivity index (χ1n) is 8.76. The molecule has 5 heteroatoms. The molecule has 0 N–H and O–H groups in total. The summed E-state index contributed by atoms with van der Waals surface area (Å²) in [6, 6.07) is 17.0. The molecule has 4 rings (SSSR count). The predicted molar refractivity (Wildman–Crippen MR) is 107 cm³/mol. The minimum atomic E-state index is -0.335. The number of nitriles is 1. The Morgan fingerprint density at radius 2 is 1.93 bits per heavy atom. The summed E-state index contributed by atoms with van der Waals surface area (Å²) in [5.41, 5.74) is 5.24. The molecule has 1 aliphatic rings. The SMILES string of the molecule is N#Cc1c(SCc2c(F)cccc2Cl)nc2c(c1-c1ccccc1)CCC2. The van der Waals surface area contributed by atoms with Gasteiger partial charge in [-0.2, -0.15) is 5.26 Å². The number of rotatable bonds is 4. The second-order valence-corrected chi connectivity index (χ2v) is 7.78. The maximum Gasteiger partial charge on any atom is 0.128 e. The Morgan fingerprint density at radius 1 is 1.11 bits per heavy atom. The number of aromatic nitrogens is 1. The lowest BCUT2D eigenvalue weighted by atomic mass is 9.95. The van der Waals surface area contributed by atoms with Crippen LogP contribution in [0.15, 0.2) is 53.6 Å². The van der Waals surface area contributed by atoms with Crippen molar-refractivity contribution in [1.82, 2.24) is 4.98 Å². The molecule has 2 aromatic carbocycles. The summed E-state index contributed by atoms with van der Waals surface area (Å²) in [6.45, 7) is 0.